The van der Waals surface area contributed by atoms with E-state index in [9.17, 15) is 24.0 Å². The Bertz CT molecular complexity index is 1020. The molecule has 0 aliphatic carbocycles. The Balaban J connectivity index is 1.66. The van der Waals surface area contributed by atoms with Gasteiger partial charge in [-0.15, -0.1) is 0 Å². The Morgan fingerprint density at radius 1 is 0.848 bits per heavy atom. The molecule has 33 heavy (non-hydrogen) atoms. The molecule has 0 spiro atoms. The van der Waals surface area contributed by atoms with Crippen LogP contribution in [0.3, 0.4) is 0 Å². The molecular weight excluding hydrogens is 454 g/mol. The van der Waals surface area contributed by atoms with Crippen LogP contribution in [0, 0.1) is 0 Å². The molecule has 2 rings (SSSR count). The zero-order valence-electron chi connectivity index (χ0n) is 17.7. The van der Waals surface area contributed by atoms with Gasteiger partial charge < -0.3 is 14.8 Å². The van der Waals surface area contributed by atoms with E-state index in [-0.39, 0.29) is 30.0 Å². The standard InChI is InChI=1S/C22H22ClN3O7/c1-2-32-22(31)14-7-9-15(10-8-14)24-18(27)11-12-20(29)33-13-19(28)25-26-21(30)16-5-3-4-6-17(16)23/h3-10H,2,11-13H2,1H3,(H,24,27)(H,25,28)(H,26,30). The first-order chi connectivity index (χ1) is 15.8. The highest BCUT2D eigenvalue weighted by Gasteiger charge is 2.13. The number of esters is 2. The number of hydrogen-bond acceptors (Lipinski definition) is 7. The van der Waals surface area contributed by atoms with Crippen LogP contribution >= 0.6 is 11.6 Å². The van der Waals surface area contributed by atoms with Crippen LogP contribution in [0.25, 0.3) is 0 Å². The summed E-state index contributed by atoms with van der Waals surface area (Å²) < 4.78 is 9.64. The minimum Gasteiger partial charge on any atom is -0.462 e. The third-order valence-corrected chi connectivity index (χ3v) is 4.36. The summed E-state index contributed by atoms with van der Waals surface area (Å²) in [5, 5.41) is 2.79. The Labute approximate surface area is 194 Å². The van der Waals surface area contributed by atoms with Crippen LogP contribution < -0.4 is 16.2 Å². The molecule has 0 aliphatic rings. The van der Waals surface area contributed by atoms with E-state index in [0.717, 1.165) is 0 Å². The molecule has 0 fully saturated rings. The fraction of sp³-hybridized carbons (Fsp3) is 0.227. The number of rotatable bonds is 9. The average Bonchev–Trinajstić information content (AvgIpc) is 2.80. The van der Waals surface area contributed by atoms with Gasteiger partial charge in [-0.25, -0.2) is 4.79 Å². The molecule has 0 aromatic heterocycles. The van der Waals surface area contributed by atoms with Crippen molar-refractivity contribution in [1.29, 1.82) is 0 Å². The molecule has 3 amide bonds. The highest BCUT2D eigenvalue weighted by molar-refractivity contribution is 6.33. The lowest BCUT2D eigenvalue weighted by Crippen LogP contribution is -2.43. The van der Waals surface area contributed by atoms with E-state index in [4.69, 9.17) is 21.1 Å². The van der Waals surface area contributed by atoms with Gasteiger partial charge in [-0.2, -0.15) is 0 Å². The monoisotopic (exact) mass is 475 g/mol. The van der Waals surface area contributed by atoms with Crippen LogP contribution in [0.5, 0.6) is 0 Å². The number of benzene rings is 2. The number of hydrogen-bond donors (Lipinski definition) is 3. The second kappa shape index (κ2) is 12.8. The Hall–Kier alpha value is -3.92. The molecule has 2 aromatic carbocycles. The van der Waals surface area contributed by atoms with Crippen LogP contribution in [0.4, 0.5) is 5.69 Å². The summed E-state index contributed by atoms with van der Waals surface area (Å²) in [6.07, 6.45) is -0.435. The number of hydrazine groups is 1. The van der Waals surface area contributed by atoms with Crippen molar-refractivity contribution in [2.75, 3.05) is 18.5 Å². The first-order valence-corrected chi connectivity index (χ1v) is 10.2. The van der Waals surface area contributed by atoms with Crippen LogP contribution in [0.15, 0.2) is 48.5 Å². The molecule has 0 saturated heterocycles. The van der Waals surface area contributed by atoms with Crippen molar-refractivity contribution < 1.29 is 33.4 Å². The number of ether oxygens (including phenoxy) is 2. The normalized spacial score (nSPS) is 10.0. The summed E-state index contributed by atoms with van der Waals surface area (Å²) >= 11 is 5.89. The van der Waals surface area contributed by atoms with E-state index >= 15 is 0 Å². The van der Waals surface area contributed by atoms with E-state index < -0.39 is 36.3 Å². The summed E-state index contributed by atoms with van der Waals surface area (Å²) in [6.45, 7) is 1.31. The molecule has 0 unspecified atom stereocenters. The molecular formula is C22H22ClN3O7. The van der Waals surface area contributed by atoms with E-state index in [0.29, 0.717) is 11.3 Å². The lowest BCUT2D eigenvalue weighted by molar-refractivity contribution is -0.149. The number of halogens is 1. The fourth-order valence-electron chi connectivity index (χ4n) is 2.44. The number of amides is 3. The van der Waals surface area contributed by atoms with E-state index in [1.165, 1.54) is 36.4 Å². The van der Waals surface area contributed by atoms with Crippen molar-refractivity contribution in [2.45, 2.75) is 19.8 Å². The highest BCUT2D eigenvalue weighted by Crippen LogP contribution is 2.14. The summed E-state index contributed by atoms with van der Waals surface area (Å²) in [6, 6.07) is 12.3. The topological polar surface area (TPSA) is 140 Å². The van der Waals surface area contributed by atoms with E-state index in [2.05, 4.69) is 16.2 Å². The SMILES string of the molecule is CCOC(=O)c1ccc(NC(=O)CCC(=O)OCC(=O)NNC(=O)c2ccccc2Cl)cc1. The second-order valence-electron chi connectivity index (χ2n) is 6.49. The van der Waals surface area contributed by atoms with Gasteiger partial charge in [0.2, 0.25) is 5.91 Å². The predicted molar refractivity (Wildman–Crippen MR) is 118 cm³/mol. The predicted octanol–water partition coefficient (Wildman–Crippen LogP) is 2.24. The second-order valence-corrected chi connectivity index (χ2v) is 6.90. The van der Waals surface area contributed by atoms with Crippen LogP contribution in [-0.2, 0) is 23.9 Å². The Kier molecular flexibility index (Phi) is 9.84. The maximum Gasteiger partial charge on any atom is 0.338 e. The van der Waals surface area contributed by atoms with Gasteiger partial charge in [0.05, 0.1) is 29.2 Å². The van der Waals surface area contributed by atoms with Crippen molar-refractivity contribution in [3.05, 3.63) is 64.7 Å². The minimum absolute atomic E-state index is 0.165. The van der Waals surface area contributed by atoms with Gasteiger partial charge in [0.15, 0.2) is 6.61 Å². The lowest BCUT2D eigenvalue weighted by Gasteiger charge is -2.09. The van der Waals surface area contributed by atoms with Gasteiger partial charge in [0, 0.05) is 12.1 Å². The quantitative estimate of drug-likeness (QED) is 0.373. The maximum absolute atomic E-state index is 12.0. The van der Waals surface area contributed by atoms with Gasteiger partial charge in [-0.3, -0.25) is 30.0 Å². The molecule has 0 atom stereocenters. The average molecular weight is 476 g/mol. The van der Waals surface area contributed by atoms with Gasteiger partial charge in [-0.05, 0) is 43.3 Å². The van der Waals surface area contributed by atoms with Gasteiger partial charge in [0.25, 0.3) is 11.8 Å². The highest BCUT2D eigenvalue weighted by atomic mass is 35.5. The summed E-state index contributed by atoms with van der Waals surface area (Å²) in [4.78, 5) is 59.0. The fourth-order valence-corrected chi connectivity index (χ4v) is 2.66. The van der Waals surface area contributed by atoms with Gasteiger partial charge in [0.1, 0.15) is 0 Å². The Morgan fingerprint density at radius 3 is 2.21 bits per heavy atom. The molecule has 0 radical (unpaired) electrons. The van der Waals surface area contributed by atoms with Crippen molar-refractivity contribution >= 4 is 46.9 Å². The van der Waals surface area contributed by atoms with E-state index in [1.54, 1.807) is 19.1 Å². The third kappa shape index (κ3) is 8.62. The van der Waals surface area contributed by atoms with Crippen molar-refractivity contribution in [1.82, 2.24) is 10.9 Å². The molecule has 174 valence electrons. The van der Waals surface area contributed by atoms with Crippen molar-refractivity contribution in [2.24, 2.45) is 0 Å². The summed E-state index contributed by atoms with van der Waals surface area (Å²) in [5.74, 6) is -3.09. The van der Waals surface area contributed by atoms with Gasteiger partial charge >= 0.3 is 11.9 Å². The summed E-state index contributed by atoms with van der Waals surface area (Å²) in [7, 11) is 0. The van der Waals surface area contributed by atoms with Crippen LogP contribution in [0.2, 0.25) is 5.02 Å². The number of nitrogens with one attached hydrogen (secondary N) is 3. The molecule has 0 bridgehead atoms. The molecule has 0 heterocycles. The zero-order valence-corrected chi connectivity index (χ0v) is 18.4. The third-order valence-electron chi connectivity index (χ3n) is 4.03. The minimum atomic E-state index is -0.769. The van der Waals surface area contributed by atoms with Crippen molar-refractivity contribution in [3.63, 3.8) is 0 Å². The largest absolute Gasteiger partial charge is 0.462 e. The number of carbonyl (C=O) groups is 5. The molecule has 0 aliphatic heterocycles. The maximum atomic E-state index is 12.0. The van der Waals surface area contributed by atoms with Crippen molar-refractivity contribution in [3.8, 4) is 0 Å². The van der Waals surface area contributed by atoms with Gasteiger partial charge in [-0.1, -0.05) is 23.7 Å². The molecule has 2 aromatic rings. The summed E-state index contributed by atoms with van der Waals surface area (Å²) in [5.41, 5.74) is 5.20. The Morgan fingerprint density at radius 2 is 1.55 bits per heavy atom. The zero-order chi connectivity index (χ0) is 24.2. The smallest absolute Gasteiger partial charge is 0.338 e. The molecule has 0 saturated carbocycles. The number of anilines is 1. The number of carbonyl (C=O) groups excluding carboxylic acids is 5. The van der Waals surface area contributed by atoms with Crippen LogP contribution in [-0.4, -0.2) is 42.9 Å². The lowest BCUT2D eigenvalue weighted by atomic mass is 10.2. The van der Waals surface area contributed by atoms with Crippen LogP contribution in [0.1, 0.15) is 40.5 Å². The molecule has 10 nitrogen and oxygen atoms in total. The molecule has 11 heteroatoms. The van der Waals surface area contributed by atoms with E-state index in [1.807, 2.05) is 0 Å². The first-order valence-electron chi connectivity index (χ1n) is 9.86. The first kappa shape index (κ1) is 25.3. The molecule has 3 N–H and O–H groups in total.